The number of benzene rings is 2. The molecule has 0 bridgehead atoms. The maximum Gasteiger partial charge on any atom is 0.253 e. The van der Waals surface area contributed by atoms with E-state index in [1.165, 1.54) is 26.3 Å². The number of nitrogens with two attached hydrogens (primary N) is 1. The average Bonchev–Trinajstić information content (AvgIpc) is 2.70. The van der Waals surface area contributed by atoms with Gasteiger partial charge in [-0.1, -0.05) is 30.3 Å². The fourth-order valence-corrected chi connectivity index (χ4v) is 3.61. The molecule has 2 aromatic rings. The molecule has 0 saturated heterocycles. The van der Waals surface area contributed by atoms with Gasteiger partial charge in [0.2, 0.25) is 10.0 Å². The number of hydrogen-bond donors (Lipinski definition) is 2. The maximum atomic E-state index is 12.9. The van der Waals surface area contributed by atoms with Crippen LogP contribution < -0.4 is 15.2 Å². The van der Waals surface area contributed by atoms with Crippen molar-refractivity contribution in [1.29, 1.82) is 0 Å². The van der Waals surface area contributed by atoms with Crippen molar-refractivity contribution in [3.05, 3.63) is 59.7 Å². The number of methoxy groups -OCH3 is 1. The second kappa shape index (κ2) is 9.50. The highest BCUT2D eigenvalue weighted by molar-refractivity contribution is 7.89. The smallest absolute Gasteiger partial charge is 0.253 e. The number of rotatable bonds is 9. The van der Waals surface area contributed by atoms with E-state index in [2.05, 4.69) is 4.72 Å². The SMILES string of the molecule is CNS(=O)(=O)c1cc(C(=O)N(CCN)CCc2ccccc2)ccc1OC. The number of sulfonamides is 1. The molecular formula is C19H25N3O4S. The lowest BCUT2D eigenvalue weighted by molar-refractivity contribution is 0.0762. The lowest BCUT2D eigenvalue weighted by atomic mass is 10.1. The third-order valence-corrected chi connectivity index (χ3v) is 5.60. The standard InChI is InChI=1S/C19H25N3O4S/c1-21-27(24,25)18-14-16(8-9-17(18)26-2)19(23)22(13-11-20)12-10-15-6-4-3-5-7-15/h3-9,14,21H,10-13,20H2,1-2H3. The lowest BCUT2D eigenvalue weighted by Gasteiger charge is -2.23. The highest BCUT2D eigenvalue weighted by Crippen LogP contribution is 2.25. The lowest BCUT2D eigenvalue weighted by Crippen LogP contribution is -2.37. The first-order valence-corrected chi connectivity index (χ1v) is 10.1. The number of amides is 1. The summed E-state index contributed by atoms with van der Waals surface area (Å²) in [5.41, 5.74) is 7.04. The minimum Gasteiger partial charge on any atom is -0.495 e. The van der Waals surface area contributed by atoms with Crippen LogP contribution in [0, 0.1) is 0 Å². The predicted molar refractivity (Wildman–Crippen MR) is 104 cm³/mol. The molecule has 0 radical (unpaired) electrons. The molecule has 3 N–H and O–H groups in total. The Morgan fingerprint density at radius 3 is 2.44 bits per heavy atom. The summed E-state index contributed by atoms with van der Waals surface area (Å²) in [5.74, 6) is -0.0952. The first-order chi connectivity index (χ1) is 12.9. The Kier molecular flexibility index (Phi) is 7.35. The van der Waals surface area contributed by atoms with E-state index in [-0.39, 0.29) is 22.1 Å². The summed E-state index contributed by atoms with van der Waals surface area (Å²) in [7, 11) is -1.07. The highest BCUT2D eigenvalue weighted by Gasteiger charge is 2.22. The summed E-state index contributed by atoms with van der Waals surface area (Å²) >= 11 is 0. The highest BCUT2D eigenvalue weighted by atomic mass is 32.2. The van der Waals surface area contributed by atoms with E-state index in [1.807, 2.05) is 30.3 Å². The molecule has 7 nitrogen and oxygen atoms in total. The Balaban J connectivity index is 2.28. The molecule has 1 amide bonds. The number of carbonyl (C=O) groups excluding carboxylic acids is 1. The quantitative estimate of drug-likeness (QED) is 0.670. The van der Waals surface area contributed by atoms with Gasteiger partial charge in [-0.3, -0.25) is 4.79 Å². The Morgan fingerprint density at radius 1 is 1.15 bits per heavy atom. The van der Waals surface area contributed by atoms with Gasteiger partial charge in [0, 0.05) is 25.2 Å². The average molecular weight is 391 g/mol. The van der Waals surface area contributed by atoms with Crippen molar-refractivity contribution in [3.63, 3.8) is 0 Å². The predicted octanol–water partition coefficient (Wildman–Crippen LogP) is 1.25. The summed E-state index contributed by atoms with van der Waals surface area (Å²) < 4.78 is 31.8. The van der Waals surface area contributed by atoms with Gasteiger partial charge in [0.15, 0.2) is 0 Å². The van der Waals surface area contributed by atoms with E-state index in [1.54, 1.807) is 11.0 Å². The van der Waals surface area contributed by atoms with E-state index in [0.717, 1.165) is 5.56 Å². The van der Waals surface area contributed by atoms with Gasteiger partial charge in [0.25, 0.3) is 5.91 Å². The van der Waals surface area contributed by atoms with Crippen molar-refractivity contribution in [3.8, 4) is 5.75 Å². The fourth-order valence-electron chi connectivity index (χ4n) is 2.69. The number of nitrogens with zero attached hydrogens (tertiary/aromatic N) is 1. The van der Waals surface area contributed by atoms with Gasteiger partial charge in [0.05, 0.1) is 7.11 Å². The molecule has 0 spiro atoms. The third-order valence-electron chi connectivity index (χ3n) is 4.17. The fraction of sp³-hybridized carbons (Fsp3) is 0.316. The van der Waals surface area contributed by atoms with Crippen LogP contribution in [0.1, 0.15) is 15.9 Å². The molecule has 8 heteroatoms. The minimum absolute atomic E-state index is 0.0749. The van der Waals surface area contributed by atoms with E-state index in [0.29, 0.717) is 26.1 Å². The zero-order chi connectivity index (χ0) is 19.9. The van der Waals surface area contributed by atoms with Gasteiger partial charge in [-0.2, -0.15) is 0 Å². The van der Waals surface area contributed by atoms with Crippen molar-refractivity contribution in [2.75, 3.05) is 33.8 Å². The Morgan fingerprint density at radius 2 is 1.85 bits per heavy atom. The molecule has 0 unspecified atom stereocenters. The number of ether oxygens (including phenoxy) is 1. The van der Waals surface area contributed by atoms with Crippen LogP contribution in [-0.4, -0.2) is 53.0 Å². The van der Waals surface area contributed by atoms with Crippen molar-refractivity contribution >= 4 is 15.9 Å². The third kappa shape index (κ3) is 5.29. The van der Waals surface area contributed by atoms with E-state index < -0.39 is 10.0 Å². The van der Waals surface area contributed by atoms with Crippen molar-refractivity contribution < 1.29 is 17.9 Å². The van der Waals surface area contributed by atoms with Crippen LogP contribution in [0.25, 0.3) is 0 Å². The Labute approximate surface area is 160 Å². The zero-order valence-electron chi connectivity index (χ0n) is 15.5. The van der Waals surface area contributed by atoms with Crippen molar-refractivity contribution in [2.45, 2.75) is 11.3 Å². The van der Waals surface area contributed by atoms with Crippen LogP contribution in [-0.2, 0) is 16.4 Å². The van der Waals surface area contributed by atoms with Gasteiger partial charge in [0.1, 0.15) is 10.6 Å². The molecule has 0 heterocycles. The van der Waals surface area contributed by atoms with Gasteiger partial charge in [-0.05, 0) is 37.2 Å². The van der Waals surface area contributed by atoms with E-state index >= 15 is 0 Å². The monoisotopic (exact) mass is 391 g/mol. The maximum absolute atomic E-state index is 12.9. The van der Waals surface area contributed by atoms with Crippen molar-refractivity contribution in [2.24, 2.45) is 5.73 Å². The molecule has 2 aromatic carbocycles. The first kappa shape index (κ1) is 20.9. The second-order valence-corrected chi connectivity index (χ2v) is 7.74. The van der Waals surface area contributed by atoms with Crippen LogP contribution in [0.2, 0.25) is 0 Å². The minimum atomic E-state index is -3.76. The summed E-state index contributed by atoms with van der Waals surface area (Å²) in [6.45, 7) is 1.18. The molecule has 0 aliphatic heterocycles. The van der Waals surface area contributed by atoms with E-state index in [9.17, 15) is 13.2 Å². The molecule has 0 aromatic heterocycles. The van der Waals surface area contributed by atoms with Crippen LogP contribution in [0.3, 0.4) is 0 Å². The largest absolute Gasteiger partial charge is 0.495 e. The van der Waals surface area contributed by atoms with Gasteiger partial charge in [-0.25, -0.2) is 13.1 Å². The number of hydrogen-bond acceptors (Lipinski definition) is 5. The Bertz CT molecular complexity index is 870. The van der Waals surface area contributed by atoms with E-state index in [4.69, 9.17) is 10.5 Å². The van der Waals surface area contributed by atoms with Crippen molar-refractivity contribution in [1.82, 2.24) is 9.62 Å². The topological polar surface area (TPSA) is 102 Å². The van der Waals surface area contributed by atoms with Crippen LogP contribution in [0.5, 0.6) is 5.75 Å². The molecule has 0 aliphatic rings. The summed E-state index contributed by atoms with van der Waals surface area (Å²) in [4.78, 5) is 14.5. The molecule has 0 saturated carbocycles. The summed E-state index contributed by atoms with van der Waals surface area (Å²) in [5, 5.41) is 0. The normalized spacial score (nSPS) is 11.2. The molecule has 27 heavy (non-hydrogen) atoms. The van der Waals surface area contributed by atoms with Gasteiger partial charge in [-0.15, -0.1) is 0 Å². The number of carbonyl (C=O) groups is 1. The second-order valence-electron chi connectivity index (χ2n) is 5.89. The number of nitrogens with one attached hydrogen (secondary N) is 1. The summed E-state index contributed by atoms with van der Waals surface area (Å²) in [6, 6.07) is 14.2. The van der Waals surface area contributed by atoms with Gasteiger partial charge < -0.3 is 15.4 Å². The molecule has 146 valence electrons. The van der Waals surface area contributed by atoms with Crippen LogP contribution in [0.4, 0.5) is 0 Å². The summed E-state index contributed by atoms with van der Waals surface area (Å²) in [6.07, 6.45) is 0.685. The molecular weight excluding hydrogens is 366 g/mol. The molecule has 2 rings (SSSR count). The van der Waals surface area contributed by atoms with Gasteiger partial charge >= 0.3 is 0 Å². The van der Waals surface area contributed by atoms with Crippen LogP contribution >= 0.6 is 0 Å². The first-order valence-electron chi connectivity index (χ1n) is 8.57. The molecule has 0 fully saturated rings. The zero-order valence-corrected chi connectivity index (χ0v) is 16.3. The Hall–Kier alpha value is -2.42. The molecule has 0 aliphatic carbocycles. The molecule has 0 atom stereocenters. The van der Waals surface area contributed by atoms with Crippen LogP contribution in [0.15, 0.2) is 53.4 Å².